The fourth-order valence-corrected chi connectivity index (χ4v) is 3.49. The number of hydrogen-bond acceptors (Lipinski definition) is 3. The molecule has 1 amide bonds. The first-order chi connectivity index (χ1) is 9.83. The van der Waals surface area contributed by atoms with Crippen molar-refractivity contribution in [2.24, 2.45) is 11.8 Å². The molecule has 1 N–H and O–H groups in total. The van der Waals surface area contributed by atoms with Crippen molar-refractivity contribution in [2.75, 3.05) is 32.8 Å². The van der Waals surface area contributed by atoms with Crippen LogP contribution in [0.4, 0.5) is 0 Å². The van der Waals surface area contributed by atoms with Crippen LogP contribution >= 0.6 is 0 Å². The van der Waals surface area contributed by atoms with Crippen LogP contribution in [0.1, 0.15) is 44.9 Å². The largest absolute Gasteiger partial charge is 0.381 e. The van der Waals surface area contributed by atoms with Crippen LogP contribution < -0.4 is 5.32 Å². The lowest BCUT2D eigenvalue weighted by Crippen LogP contribution is -2.38. The molecular formula is C16H28N2O2. The van der Waals surface area contributed by atoms with Crippen molar-refractivity contribution in [3.8, 4) is 0 Å². The van der Waals surface area contributed by atoms with Crippen LogP contribution in [0, 0.1) is 11.8 Å². The molecule has 2 saturated heterocycles. The second-order valence-electron chi connectivity index (χ2n) is 6.76. The Balaban J connectivity index is 1.44. The minimum Gasteiger partial charge on any atom is -0.381 e. The summed E-state index contributed by atoms with van der Waals surface area (Å²) >= 11 is 0. The van der Waals surface area contributed by atoms with Crippen LogP contribution in [0.25, 0.3) is 0 Å². The molecule has 1 aliphatic carbocycles. The van der Waals surface area contributed by atoms with Gasteiger partial charge in [-0.25, -0.2) is 0 Å². The van der Waals surface area contributed by atoms with E-state index in [1.165, 1.54) is 25.7 Å². The van der Waals surface area contributed by atoms with Gasteiger partial charge in [0, 0.05) is 31.5 Å². The van der Waals surface area contributed by atoms with E-state index in [2.05, 4.69) is 10.2 Å². The zero-order valence-corrected chi connectivity index (χ0v) is 12.5. The molecule has 0 spiro atoms. The molecular weight excluding hydrogens is 252 g/mol. The van der Waals surface area contributed by atoms with Gasteiger partial charge in [-0.3, -0.25) is 4.79 Å². The molecule has 3 aliphatic rings. The summed E-state index contributed by atoms with van der Waals surface area (Å²) in [7, 11) is 0. The number of ether oxygens (including phenoxy) is 1. The number of amides is 1. The first kappa shape index (κ1) is 14.3. The number of nitrogens with one attached hydrogen (secondary N) is 1. The molecule has 2 heterocycles. The van der Waals surface area contributed by atoms with Gasteiger partial charge in [-0.2, -0.15) is 0 Å². The standard InChI is InChI=1S/C16H28N2O2/c19-16(6-3-13-2-1-8-17-10-13)18(15-4-5-15)11-14-7-9-20-12-14/h13-15,17H,1-12H2. The molecule has 3 rings (SSSR count). The topological polar surface area (TPSA) is 41.6 Å². The summed E-state index contributed by atoms with van der Waals surface area (Å²) in [4.78, 5) is 14.7. The Morgan fingerprint density at radius 1 is 1.20 bits per heavy atom. The average molecular weight is 280 g/mol. The molecule has 2 aliphatic heterocycles. The summed E-state index contributed by atoms with van der Waals surface area (Å²) in [6, 6.07) is 0.549. The Hall–Kier alpha value is -0.610. The van der Waals surface area contributed by atoms with Gasteiger partial charge >= 0.3 is 0 Å². The van der Waals surface area contributed by atoms with Crippen LogP contribution in [0.2, 0.25) is 0 Å². The highest BCUT2D eigenvalue weighted by Crippen LogP contribution is 2.30. The van der Waals surface area contributed by atoms with Gasteiger partial charge in [-0.1, -0.05) is 0 Å². The Labute approximate surface area is 122 Å². The van der Waals surface area contributed by atoms with E-state index in [9.17, 15) is 4.79 Å². The predicted molar refractivity (Wildman–Crippen MR) is 78.5 cm³/mol. The van der Waals surface area contributed by atoms with E-state index >= 15 is 0 Å². The minimum atomic E-state index is 0.393. The van der Waals surface area contributed by atoms with Crippen LogP contribution in [0.15, 0.2) is 0 Å². The Kier molecular flexibility index (Phi) is 4.94. The molecule has 2 unspecified atom stereocenters. The van der Waals surface area contributed by atoms with Gasteiger partial charge in [0.15, 0.2) is 0 Å². The second-order valence-corrected chi connectivity index (χ2v) is 6.76. The average Bonchev–Trinajstić information content (AvgIpc) is 3.20. The van der Waals surface area contributed by atoms with Crippen LogP contribution in [-0.2, 0) is 9.53 Å². The van der Waals surface area contributed by atoms with Crippen LogP contribution in [0.3, 0.4) is 0 Å². The molecule has 4 nitrogen and oxygen atoms in total. The summed E-state index contributed by atoms with van der Waals surface area (Å²) < 4.78 is 5.45. The molecule has 0 aromatic heterocycles. The number of carbonyl (C=O) groups is 1. The summed E-state index contributed by atoms with van der Waals surface area (Å²) in [5, 5.41) is 3.44. The van der Waals surface area contributed by atoms with E-state index in [1.807, 2.05) is 0 Å². The molecule has 20 heavy (non-hydrogen) atoms. The number of hydrogen-bond donors (Lipinski definition) is 1. The lowest BCUT2D eigenvalue weighted by Gasteiger charge is -2.27. The summed E-state index contributed by atoms with van der Waals surface area (Å²) in [5.41, 5.74) is 0. The fourth-order valence-electron chi connectivity index (χ4n) is 3.49. The highest BCUT2D eigenvalue weighted by atomic mass is 16.5. The summed E-state index contributed by atoms with van der Waals surface area (Å²) in [6.45, 7) is 4.92. The van der Waals surface area contributed by atoms with E-state index in [-0.39, 0.29) is 0 Å². The van der Waals surface area contributed by atoms with E-state index in [4.69, 9.17) is 4.74 Å². The predicted octanol–water partition coefficient (Wildman–Crippen LogP) is 1.79. The maximum Gasteiger partial charge on any atom is 0.222 e. The number of piperidine rings is 1. The molecule has 0 aromatic carbocycles. The fraction of sp³-hybridized carbons (Fsp3) is 0.938. The molecule has 3 fully saturated rings. The first-order valence-corrected chi connectivity index (χ1v) is 8.41. The van der Waals surface area contributed by atoms with Crippen molar-refractivity contribution in [2.45, 2.75) is 51.0 Å². The Morgan fingerprint density at radius 2 is 2.10 bits per heavy atom. The molecule has 0 radical (unpaired) electrons. The zero-order valence-electron chi connectivity index (χ0n) is 12.5. The molecule has 2 atom stereocenters. The van der Waals surface area contributed by atoms with Gasteiger partial charge in [-0.05, 0) is 57.5 Å². The van der Waals surface area contributed by atoms with Gasteiger partial charge in [0.05, 0.1) is 6.61 Å². The number of rotatable bonds is 6. The molecule has 114 valence electrons. The molecule has 0 aromatic rings. The second kappa shape index (κ2) is 6.90. The monoisotopic (exact) mass is 280 g/mol. The van der Waals surface area contributed by atoms with Crippen molar-refractivity contribution in [3.05, 3.63) is 0 Å². The minimum absolute atomic E-state index is 0.393. The van der Waals surface area contributed by atoms with Crippen molar-refractivity contribution in [1.29, 1.82) is 0 Å². The molecule has 1 saturated carbocycles. The van der Waals surface area contributed by atoms with Crippen molar-refractivity contribution >= 4 is 5.91 Å². The van der Waals surface area contributed by atoms with E-state index < -0.39 is 0 Å². The maximum atomic E-state index is 12.5. The number of nitrogens with zero attached hydrogens (tertiary/aromatic N) is 1. The Bertz CT molecular complexity index is 318. The van der Waals surface area contributed by atoms with E-state index in [1.54, 1.807) is 0 Å². The van der Waals surface area contributed by atoms with Gasteiger partial charge in [0.25, 0.3) is 0 Å². The lowest BCUT2D eigenvalue weighted by molar-refractivity contribution is -0.132. The van der Waals surface area contributed by atoms with Crippen molar-refractivity contribution < 1.29 is 9.53 Å². The van der Waals surface area contributed by atoms with E-state index in [0.29, 0.717) is 23.8 Å². The first-order valence-electron chi connectivity index (χ1n) is 8.41. The number of carbonyl (C=O) groups excluding carboxylic acids is 1. The normalized spacial score (nSPS) is 30.4. The van der Waals surface area contributed by atoms with Crippen LogP contribution in [0.5, 0.6) is 0 Å². The third-order valence-electron chi connectivity index (χ3n) is 4.95. The smallest absolute Gasteiger partial charge is 0.222 e. The third kappa shape index (κ3) is 3.95. The van der Waals surface area contributed by atoms with Gasteiger partial charge in [0.2, 0.25) is 5.91 Å². The summed E-state index contributed by atoms with van der Waals surface area (Å²) in [5.74, 6) is 1.68. The van der Waals surface area contributed by atoms with Gasteiger partial charge in [-0.15, -0.1) is 0 Å². The highest BCUT2D eigenvalue weighted by molar-refractivity contribution is 5.76. The molecule has 0 bridgehead atoms. The van der Waals surface area contributed by atoms with Crippen LogP contribution in [-0.4, -0.2) is 49.7 Å². The SMILES string of the molecule is O=C(CCC1CCCNC1)N(CC1CCOC1)C1CC1. The summed E-state index contributed by atoms with van der Waals surface area (Å²) in [6.07, 6.45) is 7.93. The Morgan fingerprint density at radius 3 is 2.75 bits per heavy atom. The van der Waals surface area contributed by atoms with Crippen molar-refractivity contribution in [1.82, 2.24) is 10.2 Å². The van der Waals surface area contributed by atoms with Crippen molar-refractivity contribution in [3.63, 3.8) is 0 Å². The van der Waals surface area contributed by atoms with Gasteiger partial charge in [0.1, 0.15) is 0 Å². The molecule has 4 heteroatoms. The quantitative estimate of drug-likeness (QED) is 0.806. The lowest BCUT2D eigenvalue weighted by atomic mass is 9.94. The van der Waals surface area contributed by atoms with E-state index in [0.717, 1.165) is 52.1 Å². The van der Waals surface area contributed by atoms with Gasteiger partial charge < -0.3 is 15.0 Å². The zero-order chi connectivity index (χ0) is 13.8. The third-order valence-corrected chi connectivity index (χ3v) is 4.95. The highest BCUT2D eigenvalue weighted by Gasteiger charge is 2.34. The maximum absolute atomic E-state index is 12.5.